The largest absolute Gasteiger partial charge is 0.421 e. The standard InChI is InChI=1S/C13H15FN4O3/c1-2-4-15-5-3-12-16-17-13(21-12)9-6-10(14)8-11(7-9)18(19)20/h6-8,15H,2-5H2,1H3. The van der Waals surface area contributed by atoms with E-state index in [4.69, 9.17) is 4.42 Å². The highest BCUT2D eigenvalue weighted by molar-refractivity contribution is 5.57. The Morgan fingerprint density at radius 3 is 2.86 bits per heavy atom. The van der Waals surface area contributed by atoms with E-state index in [0.717, 1.165) is 25.1 Å². The number of nitrogens with one attached hydrogen (secondary N) is 1. The quantitative estimate of drug-likeness (QED) is 0.478. The van der Waals surface area contributed by atoms with E-state index in [0.29, 0.717) is 18.9 Å². The second kappa shape index (κ2) is 6.89. The summed E-state index contributed by atoms with van der Waals surface area (Å²) in [5.41, 5.74) is -0.156. The Hall–Kier alpha value is -2.35. The fourth-order valence-corrected chi connectivity index (χ4v) is 1.77. The van der Waals surface area contributed by atoms with E-state index in [1.807, 2.05) is 0 Å². The summed E-state index contributed by atoms with van der Waals surface area (Å²) < 4.78 is 18.8. The van der Waals surface area contributed by atoms with Crippen molar-refractivity contribution in [2.45, 2.75) is 19.8 Å². The highest BCUT2D eigenvalue weighted by atomic mass is 19.1. The molecule has 0 atom stereocenters. The van der Waals surface area contributed by atoms with Crippen molar-refractivity contribution in [2.75, 3.05) is 13.1 Å². The Morgan fingerprint density at radius 2 is 2.14 bits per heavy atom. The molecule has 2 rings (SSSR count). The third-order valence-corrected chi connectivity index (χ3v) is 2.75. The van der Waals surface area contributed by atoms with Crippen LogP contribution in [0, 0.1) is 15.9 Å². The monoisotopic (exact) mass is 294 g/mol. The molecule has 0 aliphatic carbocycles. The van der Waals surface area contributed by atoms with Crippen LogP contribution in [-0.4, -0.2) is 28.2 Å². The molecule has 0 aliphatic heterocycles. The van der Waals surface area contributed by atoms with Crippen LogP contribution in [0.5, 0.6) is 0 Å². The Morgan fingerprint density at radius 1 is 1.33 bits per heavy atom. The van der Waals surface area contributed by atoms with Gasteiger partial charge < -0.3 is 9.73 Å². The summed E-state index contributed by atoms with van der Waals surface area (Å²) >= 11 is 0. The van der Waals surface area contributed by atoms with E-state index in [2.05, 4.69) is 22.4 Å². The van der Waals surface area contributed by atoms with E-state index in [9.17, 15) is 14.5 Å². The van der Waals surface area contributed by atoms with Gasteiger partial charge in [0.1, 0.15) is 5.82 Å². The molecule has 0 saturated carbocycles. The molecule has 0 unspecified atom stereocenters. The Labute approximate surface area is 120 Å². The fraction of sp³-hybridized carbons (Fsp3) is 0.385. The van der Waals surface area contributed by atoms with Gasteiger partial charge >= 0.3 is 0 Å². The molecule has 0 saturated heterocycles. The van der Waals surface area contributed by atoms with Crippen molar-refractivity contribution in [3.63, 3.8) is 0 Å². The van der Waals surface area contributed by atoms with Gasteiger partial charge in [-0.1, -0.05) is 6.92 Å². The van der Waals surface area contributed by atoms with Crippen molar-refractivity contribution in [1.82, 2.24) is 15.5 Å². The maximum absolute atomic E-state index is 13.4. The number of aromatic nitrogens is 2. The molecule has 0 radical (unpaired) electrons. The number of hydrogen-bond acceptors (Lipinski definition) is 6. The molecule has 8 heteroatoms. The van der Waals surface area contributed by atoms with Crippen LogP contribution in [0.25, 0.3) is 11.5 Å². The minimum Gasteiger partial charge on any atom is -0.421 e. The van der Waals surface area contributed by atoms with Crippen molar-refractivity contribution in [1.29, 1.82) is 0 Å². The molecule has 2 aromatic rings. The second-order valence-corrected chi connectivity index (χ2v) is 4.46. The molecule has 1 aromatic heterocycles. The fourth-order valence-electron chi connectivity index (χ4n) is 1.77. The number of nitrogens with zero attached hydrogens (tertiary/aromatic N) is 3. The van der Waals surface area contributed by atoms with Gasteiger partial charge in [-0.25, -0.2) is 4.39 Å². The van der Waals surface area contributed by atoms with Crippen molar-refractivity contribution < 1.29 is 13.7 Å². The van der Waals surface area contributed by atoms with Gasteiger partial charge in [0.15, 0.2) is 0 Å². The lowest BCUT2D eigenvalue weighted by Gasteiger charge is -1.99. The van der Waals surface area contributed by atoms with Crippen LogP contribution >= 0.6 is 0 Å². The number of halogens is 1. The minimum atomic E-state index is -0.719. The summed E-state index contributed by atoms with van der Waals surface area (Å²) in [6, 6.07) is 3.17. The molecule has 1 aromatic carbocycles. The van der Waals surface area contributed by atoms with Crippen molar-refractivity contribution in [2.24, 2.45) is 0 Å². The molecule has 0 bridgehead atoms. The number of non-ortho nitro benzene ring substituents is 1. The van der Waals surface area contributed by atoms with E-state index in [-0.39, 0.29) is 17.1 Å². The molecule has 7 nitrogen and oxygen atoms in total. The Bertz CT molecular complexity index is 630. The van der Waals surface area contributed by atoms with E-state index < -0.39 is 10.7 Å². The van der Waals surface area contributed by atoms with Crippen LogP contribution in [0.4, 0.5) is 10.1 Å². The molecule has 1 N–H and O–H groups in total. The van der Waals surface area contributed by atoms with Crippen LogP contribution in [-0.2, 0) is 6.42 Å². The van der Waals surface area contributed by atoms with E-state index >= 15 is 0 Å². The van der Waals surface area contributed by atoms with Crippen molar-refractivity contribution >= 4 is 5.69 Å². The molecule has 0 spiro atoms. The lowest BCUT2D eigenvalue weighted by Crippen LogP contribution is -2.17. The van der Waals surface area contributed by atoms with Crippen LogP contribution in [0.1, 0.15) is 19.2 Å². The molecular formula is C13H15FN4O3. The number of nitro groups is 1. The van der Waals surface area contributed by atoms with E-state index in [1.165, 1.54) is 6.07 Å². The molecule has 1 heterocycles. The summed E-state index contributed by atoms with van der Waals surface area (Å²) in [6.07, 6.45) is 1.58. The average Bonchev–Trinajstić information content (AvgIpc) is 2.92. The Kier molecular flexibility index (Phi) is 4.94. The zero-order valence-electron chi connectivity index (χ0n) is 11.5. The van der Waals surface area contributed by atoms with Crippen LogP contribution < -0.4 is 5.32 Å². The highest BCUT2D eigenvalue weighted by Crippen LogP contribution is 2.24. The molecular weight excluding hydrogens is 279 g/mol. The zero-order chi connectivity index (χ0) is 15.2. The number of nitro benzene ring substituents is 1. The summed E-state index contributed by atoms with van der Waals surface area (Å²) in [5.74, 6) is -0.243. The normalized spacial score (nSPS) is 10.8. The lowest BCUT2D eigenvalue weighted by molar-refractivity contribution is -0.385. The topological polar surface area (TPSA) is 94.1 Å². The van der Waals surface area contributed by atoms with Crippen molar-refractivity contribution in [3.8, 4) is 11.5 Å². The van der Waals surface area contributed by atoms with Gasteiger partial charge in [0.05, 0.1) is 11.0 Å². The summed E-state index contributed by atoms with van der Waals surface area (Å²) in [5, 5.41) is 21.5. The zero-order valence-corrected chi connectivity index (χ0v) is 11.5. The van der Waals surface area contributed by atoms with Gasteiger partial charge in [0.2, 0.25) is 11.8 Å². The van der Waals surface area contributed by atoms with Crippen LogP contribution in [0.3, 0.4) is 0 Å². The molecule has 0 aliphatic rings. The maximum Gasteiger partial charge on any atom is 0.273 e. The molecule has 0 amide bonds. The summed E-state index contributed by atoms with van der Waals surface area (Å²) in [4.78, 5) is 10.0. The van der Waals surface area contributed by atoms with Gasteiger partial charge in [0, 0.05) is 24.6 Å². The summed E-state index contributed by atoms with van der Waals surface area (Å²) in [6.45, 7) is 3.66. The van der Waals surface area contributed by atoms with Gasteiger partial charge in [-0.3, -0.25) is 10.1 Å². The number of hydrogen-bond donors (Lipinski definition) is 1. The van der Waals surface area contributed by atoms with E-state index in [1.54, 1.807) is 0 Å². The van der Waals surface area contributed by atoms with Gasteiger partial charge in [0.25, 0.3) is 5.69 Å². The Balaban J connectivity index is 2.12. The highest BCUT2D eigenvalue weighted by Gasteiger charge is 2.15. The van der Waals surface area contributed by atoms with Gasteiger partial charge in [-0.2, -0.15) is 0 Å². The minimum absolute atomic E-state index is 0.0723. The number of rotatable bonds is 7. The first-order chi connectivity index (χ1) is 10.1. The molecule has 112 valence electrons. The van der Waals surface area contributed by atoms with Crippen LogP contribution in [0.2, 0.25) is 0 Å². The van der Waals surface area contributed by atoms with Gasteiger partial charge in [-0.15, -0.1) is 10.2 Å². The van der Waals surface area contributed by atoms with Crippen molar-refractivity contribution in [3.05, 3.63) is 40.0 Å². The first-order valence-electron chi connectivity index (χ1n) is 6.58. The number of benzene rings is 1. The predicted octanol–water partition coefficient (Wildman–Crippen LogP) is 2.33. The van der Waals surface area contributed by atoms with Crippen LogP contribution in [0.15, 0.2) is 22.6 Å². The third kappa shape index (κ3) is 4.06. The molecule has 21 heavy (non-hydrogen) atoms. The lowest BCUT2D eigenvalue weighted by atomic mass is 10.2. The first-order valence-corrected chi connectivity index (χ1v) is 6.58. The average molecular weight is 294 g/mol. The molecule has 0 fully saturated rings. The first kappa shape index (κ1) is 15.0. The third-order valence-electron chi connectivity index (χ3n) is 2.75. The smallest absolute Gasteiger partial charge is 0.273 e. The maximum atomic E-state index is 13.4. The summed E-state index contributed by atoms with van der Waals surface area (Å²) in [7, 11) is 0. The van der Waals surface area contributed by atoms with Gasteiger partial charge in [-0.05, 0) is 19.0 Å². The predicted molar refractivity (Wildman–Crippen MR) is 73.2 cm³/mol. The SMILES string of the molecule is CCCNCCc1nnc(-c2cc(F)cc([N+](=O)[O-])c2)o1. The second-order valence-electron chi connectivity index (χ2n) is 4.46.